The van der Waals surface area contributed by atoms with Crippen LogP contribution in [-0.4, -0.2) is 41.9 Å². The van der Waals surface area contributed by atoms with Crippen LogP contribution in [0.15, 0.2) is 24.3 Å². The minimum atomic E-state index is -0.260. The lowest BCUT2D eigenvalue weighted by Crippen LogP contribution is -2.41. The van der Waals surface area contributed by atoms with Crippen LogP contribution in [0, 0.1) is 6.92 Å². The van der Waals surface area contributed by atoms with Gasteiger partial charge in [-0.25, -0.2) is 0 Å². The van der Waals surface area contributed by atoms with Crippen molar-refractivity contribution in [1.82, 2.24) is 15.5 Å². The maximum atomic E-state index is 12.8. The van der Waals surface area contributed by atoms with E-state index in [9.17, 15) is 9.59 Å². The Balaban J connectivity index is 0.00000225. The maximum absolute atomic E-state index is 12.8. The van der Waals surface area contributed by atoms with Crippen LogP contribution < -0.4 is 10.6 Å². The first-order chi connectivity index (χ1) is 11.5. The zero-order valence-electron chi connectivity index (χ0n) is 15.0. The smallest absolute Gasteiger partial charge is 0.225 e. The number of carbonyl (C=O) groups excluding carboxylic acids is 2. The third-order valence-electron chi connectivity index (χ3n) is 5.11. The van der Waals surface area contributed by atoms with E-state index in [0.29, 0.717) is 18.5 Å². The van der Waals surface area contributed by atoms with Gasteiger partial charge in [0, 0.05) is 32.1 Å². The molecule has 25 heavy (non-hydrogen) atoms. The summed E-state index contributed by atoms with van der Waals surface area (Å²) in [5.41, 5.74) is 2.15. The summed E-state index contributed by atoms with van der Waals surface area (Å²) in [7, 11) is 0. The van der Waals surface area contributed by atoms with Crippen LogP contribution in [0.2, 0.25) is 0 Å². The normalized spacial score (nSPS) is 23.4. The maximum Gasteiger partial charge on any atom is 0.225 e. The second kappa shape index (κ2) is 8.68. The first-order valence-electron chi connectivity index (χ1n) is 8.89. The molecule has 0 aliphatic carbocycles. The number of carbonyl (C=O) groups is 2. The van der Waals surface area contributed by atoms with E-state index < -0.39 is 0 Å². The molecule has 2 saturated heterocycles. The van der Waals surface area contributed by atoms with Gasteiger partial charge >= 0.3 is 0 Å². The Hall–Kier alpha value is -1.59. The summed E-state index contributed by atoms with van der Waals surface area (Å²) in [6, 6.07) is 8.76. The van der Waals surface area contributed by atoms with Gasteiger partial charge in [-0.3, -0.25) is 9.59 Å². The molecule has 1 aromatic rings. The van der Waals surface area contributed by atoms with Crippen LogP contribution in [0.5, 0.6) is 0 Å². The molecule has 1 aromatic carbocycles. The highest BCUT2D eigenvalue weighted by Crippen LogP contribution is 2.23. The van der Waals surface area contributed by atoms with E-state index in [1.807, 2.05) is 36.1 Å². The molecule has 5 nitrogen and oxygen atoms in total. The van der Waals surface area contributed by atoms with Crippen molar-refractivity contribution in [3.8, 4) is 0 Å². The average molecular weight is 366 g/mol. The van der Waals surface area contributed by atoms with Gasteiger partial charge in [-0.1, -0.05) is 29.8 Å². The van der Waals surface area contributed by atoms with Crippen LogP contribution in [0.4, 0.5) is 0 Å². The van der Waals surface area contributed by atoms with Crippen molar-refractivity contribution in [2.24, 2.45) is 0 Å². The van der Waals surface area contributed by atoms with Crippen molar-refractivity contribution in [1.29, 1.82) is 0 Å². The van der Waals surface area contributed by atoms with Crippen molar-refractivity contribution in [2.45, 2.75) is 57.7 Å². The van der Waals surface area contributed by atoms with Crippen LogP contribution in [0.1, 0.15) is 49.8 Å². The third-order valence-corrected chi connectivity index (χ3v) is 5.11. The summed E-state index contributed by atoms with van der Waals surface area (Å²) in [6.45, 7) is 5.13. The Bertz CT molecular complexity index is 605. The summed E-state index contributed by atoms with van der Waals surface area (Å²) in [5.74, 6) is 0.0219. The van der Waals surface area contributed by atoms with Gasteiger partial charge in [-0.15, -0.1) is 12.4 Å². The average Bonchev–Trinajstić information content (AvgIpc) is 2.86. The van der Waals surface area contributed by atoms with Gasteiger partial charge in [0.15, 0.2) is 0 Å². The molecule has 2 N–H and O–H groups in total. The molecule has 2 aliphatic rings. The largest absolute Gasteiger partial charge is 0.349 e. The summed E-state index contributed by atoms with van der Waals surface area (Å²) in [6.07, 6.45) is 3.73. The van der Waals surface area contributed by atoms with E-state index in [-0.39, 0.29) is 30.3 Å². The van der Waals surface area contributed by atoms with Crippen LogP contribution in [0.3, 0.4) is 0 Å². The van der Waals surface area contributed by atoms with Gasteiger partial charge in [0.2, 0.25) is 11.8 Å². The topological polar surface area (TPSA) is 61.4 Å². The quantitative estimate of drug-likeness (QED) is 0.860. The number of hydrogen-bond acceptors (Lipinski definition) is 3. The molecular formula is C19H28ClN3O2. The zero-order valence-corrected chi connectivity index (χ0v) is 15.8. The highest BCUT2D eigenvalue weighted by molar-refractivity contribution is 5.85. The van der Waals surface area contributed by atoms with E-state index >= 15 is 0 Å². The van der Waals surface area contributed by atoms with E-state index in [1.54, 1.807) is 0 Å². The van der Waals surface area contributed by atoms with Crippen molar-refractivity contribution < 1.29 is 9.59 Å². The lowest BCUT2D eigenvalue weighted by atomic mass is 10.0. The molecule has 0 radical (unpaired) electrons. The molecule has 2 bridgehead atoms. The van der Waals surface area contributed by atoms with Crippen LogP contribution >= 0.6 is 12.4 Å². The number of fused-ring (bicyclic) bond motifs is 2. The number of nitrogens with one attached hydrogen (secondary N) is 2. The molecule has 2 heterocycles. The molecule has 0 aromatic heterocycles. The third kappa shape index (κ3) is 5.19. The fourth-order valence-electron chi connectivity index (χ4n) is 3.77. The Morgan fingerprint density at radius 1 is 1.20 bits per heavy atom. The Labute approximate surface area is 155 Å². The molecule has 3 unspecified atom stereocenters. The zero-order chi connectivity index (χ0) is 17.1. The fraction of sp³-hybridized carbons (Fsp3) is 0.579. The Kier molecular flexibility index (Phi) is 6.85. The monoisotopic (exact) mass is 365 g/mol. The molecule has 3 rings (SSSR count). The molecule has 2 amide bonds. The number of likely N-dealkylation sites (tertiary alicyclic amines) is 1. The van der Waals surface area contributed by atoms with Gasteiger partial charge in [-0.2, -0.15) is 0 Å². The van der Waals surface area contributed by atoms with Crippen LogP contribution in [-0.2, 0) is 9.59 Å². The first kappa shape index (κ1) is 19.7. The number of nitrogens with zero attached hydrogens (tertiary/aromatic N) is 1. The molecule has 2 aliphatic heterocycles. The molecule has 2 fully saturated rings. The Morgan fingerprint density at radius 2 is 1.88 bits per heavy atom. The van der Waals surface area contributed by atoms with Gasteiger partial charge in [0.25, 0.3) is 0 Å². The van der Waals surface area contributed by atoms with E-state index in [0.717, 1.165) is 31.5 Å². The second-order valence-corrected chi connectivity index (χ2v) is 7.13. The van der Waals surface area contributed by atoms with E-state index in [2.05, 4.69) is 10.6 Å². The number of rotatable bonds is 4. The number of halogens is 1. The Morgan fingerprint density at radius 3 is 2.56 bits per heavy atom. The summed E-state index contributed by atoms with van der Waals surface area (Å²) < 4.78 is 0. The van der Waals surface area contributed by atoms with Gasteiger partial charge in [-0.05, 0) is 31.7 Å². The number of amides is 2. The molecule has 138 valence electrons. The molecule has 0 spiro atoms. The minimum absolute atomic E-state index is 0. The summed E-state index contributed by atoms with van der Waals surface area (Å²) in [5, 5.41) is 6.53. The highest BCUT2D eigenvalue weighted by Gasteiger charge is 2.32. The van der Waals surface area contributed by atoms with Gasteiger partial charge in [0.1, 0.15) is 0 Å². The number of hydrogen-bond donors (Lipinski definition) is 2. The lowest BCUT2D eigenvalue weighted by molar-refractivity contribution is -0.132. The highest BCUT2D eigenvalue weighted by atomic mass is 35.5. The first-order valence-corrected chi connectivity index (χ1v) is 8.89. The summed E-state index contributed by atoms with van der Waals surface area (Å²) in [4.78, 5) is 26.3. The fourth-order valence-corrected chi connectivity index (χ4v) is 3.77. The van der Waals surface area contributed by atoms with Crippen molar-refractivity contribution >= 4 is 24.2 Å². The number of aryl methyl sites for hydroxylation is 1. The standard InChI is InChI=1S/C19H27N3O2.ClH/c1-13-3-5-15(6-4-13)18(20-14(2)23)11-19(24)22-10-9-16-7-8-17(12-22)21-16;/h3-6,16-18,21H,7-12H2,1-2H3,(H,20,23);1H. The summed E-state index contributed by atoms with van der Waals surface area (Å²) >= 11 is 0. The lowest BCUT2D eigenvalue weighted by Gasteiger charge is -2.27. The van der Waals surface area contributed by atoms with Gasteiger partial charge < -0.3 is 15.5 Å². The van der Waals surface area contributed by atoms with E-state index in [1.165, 1.54) is 18.9 Å². The molecule has 0 saturated carbocycles. The van der Waals surface area contributed by atoms with Crippen molar-refractivity contribution in [3.05, 3.63) is 35.4 Å². The van der Waals surface area contributed by atoms with Crippen molar-refractivity contribution in [3.63, 3.8) is 0 Å². The molecule has 3 atom stereocenters. The van der Waals surface area contributed by atoms with Crippen molar-refractivity contribution in [2.75, 3.05) is 13.1 Å². The number of benzene rings is 1. The van der Waals surface area contributed by atoms with Gasteiger partial charge in [0.05, 0.1) is 12.5 Å². The SMILES string of the molecule is CC(=O)NC(CC(=O)N1CCC2CCC(C1)N2)c1ccc(C)cc1.Cl. The van der Waals surface area contributed by atoms with E-state index in [4.69, 9.17) is 0 Å². The van der Waals surface area contributed by atoms with Crippen LogP contribution in [0.25, 0.3) is 0 Å². The predicted octanol–water partition coefficient (Wildman–Crippen LogP) is 2.34. The predicted molar refractivity (Wildman–Crippen MR) is 101 cm³/mol. The molecule has 6 heteroatoms. The molecular weight excluding hydrogens is 338 g/mol. The second-order valence-electron chi connectivity index (χ2n) is 7.13. The minimum Gasteiger partial charge on any atom is -0.349 e.